The molecule has 1 atom stereocenters. The van der Waals surface area contributed by atoms with Crippen molar-refractivity contribution in [3.05, 3.63) is 36.1 Å². The highest BCUT2D eigenvalue weighted by Gasteiger charge is 2.44. The summed E-state index contributed by atoms with van der Waals surface area (Å²) in [7, 11) is 0. The molecule has 1 saturated heterocycles. The van der Waals surface area contributed by atoms with Crippen molar-refractivity contribution in [2.45, 2.75) is 38.8 Å². The van der Waals surface area contributed by atoms with Gasteiger partial charge in [-0.25, -0.2) is 4.79 Å². The number of furan rings is 1. The van der Waals surface area contributed by atoms with E-state index >= 15 is 0 Å². The van der Waals surface area contributed by atoms with E-state index in [1.807, 2.05) is 37.3 Å². The molecular formula is C18H21N3O4. The first-order chi connectivity index (χ1) is 11.8. The molecule has 7 nitrogen and oxygen atoms in total. The zero-order valence-corrected chi connectivity index (χ0v) is 14.5. The number of fused-ring (bicyclic) bond motifs is 1. The molecule has 0 aliphatic carbocycles. The predicted molar refractivity (Wildman–Crippen MR) is 91.7 cm³/mol. The monoisotopic (exact) mass is 343 g/mol. The van der Waals surface area contributed by atoms with Crippen molar-refractivity contribution < 1.29 is 18.8 Å². The second-order valence-corrected chi connectivity index (χ2v) is 6.74. The molecule has 1 aromatic carbocycles. The minimum atomic E-state index is -0.922. The van der Waals surface area contributed by atoms with E-state index in [1.165, 1.54) is 0 Å². The van der Waals surface area contributed by atoms with Crippen LogP contribution in [0.15, 0.2) is 34.7 Å². The van der Waals surface area contributed by atoms with Crippen molar-refractivity contribution >= 4 is 28.8 Å². The van der Waals surface area contributed by atoms with Gasteiger partial charge in [-0.2, -0.15) is 0 Å². The predicted octanol–water partition coefficient (Wildman–Crippen LogP) is 2.33. The first kappa shape index (κ1) is 17.0. The molecule has 4 amide bonds. The van der Waals surface area contributed by atoms with Gasteiger partial charge in [-0.3, -0.25) is 14.5 Å². The van der Waals surface area contributed by atoms with E-state index in [0.29, 0.717) is 5.76 Å². The Bertz CT molecular complexity index is 807. The number of nitrogens with one attached hydrogen (secondary N) is 2. The smallest absolute Gasteiger partial charge is 0.325 e. The maximum absolute atomic E-state index is 12.2. The lowest BCUT2D eigenvalue weighted by Gasteiger charge is -2.16. The average molecular weight is 343 g/mol. The van der Waals surface area contributed by atoms with Crippen LogP contribution in [0.3, 0.4) is 0 Å². The Balaban J connectivity index is 1.57. The molecule has 1 aromatic heterocycles. The summed E-state index contributed by atoms with van der Waals surface area (Å²) in [5.74, 6) is 0.0829. The summed E-state index contributed by atoms with van der Waals surface area (Å²) in [5.41, 5.74) is -0.157. The molecule has 0 unspecified atom stereocenters. The fourth-order valence-electron chi connectivity index (χ4n) is 2.83. The van der Waals surface area contributed by atoms with Gasteiger partial charge < -0.3 is 15.1 Å². The van der Waals surface area contributed by atoms with Gasteiger partial charge in [0.2, 0.25) is 5.91 Å². The van der Waals surface area contributed by atoms with Crippen molar-refractivity contribution in [3.63, 3.8) is 0 Å². The molecule has 2 N–H and O–H groups in total. The quantitative estimate of drug-likeness (QED) is 0.815. The fraction of sp³-hybridized carbons (Fsp3) is 0.389. The number of hydrogen-bond acceptors (Lipinski definition) is 4. The lowest BCUT2D eigenvalue weighted by Crippen LogP contribution is -2.40. The first-order valence-corrected chi connectivity index (χ1v) is 8.20. The van der Waals surface area contributed by atoms with E-state index < -0.39 is 11.6 Å². The maximum Gasteiger partial charge on any atom is 0.325 e. The minimum absolute atomic E-state index is 0.0415. The molecule has 0 saturated carbocycles. The number of benzene rings is 1. The SMILES string of the molecule is C[C@H](NC(=O)CCN1C(=O)NC(C)(C)C1=O)c1cc2ccccc2o1. The van der Waals surface area contributed by atoms with Gasteiger partial charge in [0.15, 0.2) is 0 Å². The van der Waals surface area contributed by atoms with Crippen LogP contribution in [0.1, 0.15) is 39.0 Å². The van der Waals surface area contributed by atoms with Gasteiger partial charge in [-0.15, -0.1) is 0 Å². The molecule has 1 aliphatic rings. The maximum atomic E-state index is 12.2. The topological polar surface area (TPSA) is 91.7 Å². The van der Waals surface area contributed by atoms with E-state index in [2.05, 4.69) is 10.6 Å². The Kier molecular flexibility index (Phi) is 4.24. The molecule has 0 radical (unpaired) electrons. The van der Waals surface area contributed by atoms with Crippen LogP contribution in [0.4, 0.5) is 4.79 Å². The number of carbonyl (C=O) groups is 3. The second-order valence-electron chi connectivity index (χ2n) is 6.74. The van der Waals surface area contributed by atoms with E-state index in [1.54, 1.807) is 13.8 Å². The van der Waals surface area contributed by atoms with Crippen LogP contribution in [-0.4, -0.2) is 34.8 Å². The molecule has 0 spiro atoms. The van der Waals surface area contributed by atoms with E-state index in [9.17, 15) is 14.4 Å². The number of nitrogens with zero attached hydrogens (tertiary/aromatic N) is 1. The number of carbonyl (C=O) groups excluding carboxylic acids is 3. The summed E-state index contributed by atoms with van der Waals surface area (Å²) < 4.78 is 5.73. The number of rotatable bonds is 5. The van der Waals surface area contributed by atoms with Crippen molar-refractivity contribution in [2.24, 2.45) is 0 Å². The highest BCUT2D eigenvalue weighted by atomic mass is 16.3. The van der Waals surface area contributed by atoms with Gasteiger partial charge in [0.05, 0.1) is 6.04 Å². The largest absolute Gasteiger partial charge is 0.459 e. The molecule has 2 heterocycles. The van der Waals surface area contributed by atoms with Gasteiger partial charge in [0.25, 0.3) is 5.91 Å². The number of amides is 4. The van der Waals surface area contributed by atoms with Crippen LogP contribution in [0.25, 0.3) is 11.0 Å². The molecule has 2 aromatic rings. The first-order valence-electron chi connectivity index (χ1n) is 8.20. The van der Waals surface area contributed by atoms with Gasteiger partial charge in [0, 0.05) is 18.4 Å². The van der Waals surface area contributed by atoms with Crippen LogP contribution in [0, 0.1) is 0 Å². The molecule has 25 heavy (non-hydrogen) atoms. The van der Waals surface area contributed by atoms with Crippen molar-refractivity contribution in [3.8, 4) is 0 Å². The summed E-state index contributed by atoms with van der Waals surface area (Å²) >= 11 is 0. The van der Waals surface area contributed by atoms with Crippen LogP contribution in [-0.2, 0) is 9.59 Å². The van der Waals surface area contributed by atoms with Crippen molar-refractivity contribution in [2.75, 3.05) is 6.54 Å². The fourth-order valence-corrected chi connectivity index (χ4v) is 2.83. The lowest BCUT2D eigenvalue weighted by molar-refractivity contribution is -0.130. The van der Waals surface area contributed by atoms with Gasteiger partial charge in [0.1, 0.15) is 16.9 Å². The van der Waals surface area contributed by atoms with Crippen molar-refractivity contribution in [1.82, 2.24) is 15.5 Å². The summed E-state index contributed by atoms with van der Waals surface area (Å²) in [6.45, 7) is 5.15. The summed E-state index contributed by atoms with van der Waals surface area (Å²) in [5, 5.41) is 6.39. The van der Waals surface area contributed by atoms with E-state index in [0.717, 1.165) is 15.9 Å². The number of urea groups is 1. The van der Waals surface area contributed by atoms with Crippen LogP contribution in [0.2, 0.25) is 0 Å². The van der Waals surface area contributed by atoms with Gasteiger partial charge in [-0.05, 0) is 32.9 Å². The average Bonchev–Trinajstić information content (AvgIpc) is 3.05. The molecule has 0 bridgehead atoms. The molecule has 7 heteroatoms. The van der Waals surface area contributed by atoms with E-state index in [4.69, 9.17) is 4.42 Å². The molecule has 1 aliphatic heterocycles. The lowest BCUT2D eigenvalue weighted by atomic mass is 10.1. The summed E-state index contributed by atoms with van der Waals surface area (Å²) in [6.07, 6.45) is 0.0415. The third-order valence-corrected chi connectivity index (χ3v) is 4.26. The zero-order valence-electron chi connectivity index (χ0n) is 14.5. The highest BCUT2D eigenvalue weighted by molar-refractivity contribution is 6.06. The molecular weight excluding hydrogens is 322 g/mol. The third-order valence-electron chi connectivity index (χ3n) is 4.26. The third kappa shape index (κ3) is 3.35. The Morgan fingerprint density at radius 1 is 1.32 bits per heavy atom. The Morgan fingerprint density at radius 2 is 2.04 bits per heavy atom. The van der Waals surface area contributed by atoms with E-state index in [-0.39, 0.29) is 30.8 Å². The minimum Gasteiger partial charge on any atom is -0.459 e. The number of para-hydroxylation sites is 1. The normalized spacial score (nSPS) is 17.6. The molecule has 1 fully saturated rings. The van der Waals surface area contributed by atoms with Crippen LogP contribution >= 0.6 is 0 Å². The highest BCUT2D eigenvalue weighted by Crippen LogP contribution is 2.23. The van der Waals surface area contributed by atoms with Crippen molar-refractivity contribution in [1.29, 1.82) is 0 Å². The summed E-state index contributed by atoms with van der Waals surface area (Å²) in [6, 6.07) is 8.74. The van der Waals surface area contributed by atoms with Gasteiger partial charge in [-0.1, -0.05) is 18.2 Å². The molecule has 132 valence electrons. The molecule has 3 rings (SSSR count). The van der Waals surface area contributed by atoms with Crippen LogP contribution < -0.4 is 10.6 Å². The standard InChI is InChI=1S/C18H21N3O4/c1-11(14-10-12-6-4-5-7-13(12)25-14)19-15(22)8-9-21-16(23)18(2,3)20-17(21)24/h4-7,10-11H,8-9H2,1-3H3,(H,19,22)(H,20,24)/t11-/m0/s1. The Morgan fingerprint density at radius 3 is 2.68 bits per heavy atom. The van der Waals surface area contributed by atoms with Gasteiger partial charge >= 0.3 is 6.03 Å². The van der Waals surface area contributed by atoms with Crippen LogP contribution in [0.5, 0.6) is 0 Å². The summed E-state index contributed by atoms with van der Waals surface area (Å²) in [4.78, 5) is 37.1. The Labute approximate surface area is 145 Å². The second kappa shape index (κ2) is 6.23. The number of hydrogen-bond donors (Lipinski definition) is 2. The zero-order chi connectivity index (χ0) is 18.2. The Hall–Kier alpha value is -2.83. The number of imide groups is 1.